The van der Waals surface area contributed by atoms with Gasteiger partial charge < -0.3 is 17.2 Å². The Kier molecular flexibility index (Phi) is 2.78. The molecule has 6 nitrogen and oxygen atoms in total. The summed E-state index contributed by atoms with van der Waals surface area (Å²) in [4.78, 5) is 12.2. The van der Waals surface area contributed by atoms with Crippen LogP contribution in [-0.4, -0.2) is 15.0 Å². The van der Waals surface area contributed by atoms with Crippen molar-refractivity contribution in [2.75, 3.05) is 17.2 Å². The van der Waals surface area contributed by atoms with Gasteiger partial charge >= 0.3 is 0 Å². The molecular formula is C9H10N6S. The second-order valence-corrected chi connectivity index (χ2v) is 4.02. The first-order chi connectivity index (χ1) is 7.63. The molecule has 6 N–H and O–H groups in total. The average molecular weight is 234 g/mol. The molecular weight excluding hydrogens is 224 g/mol. The predicted molar refractivity (Wildman–Crippen MR) is 63.6 cm³/mol. The van der Waals surface area contributed by atoms with E-state index in [4.69, 9.17) is 17.2 Å². The number of pyridine rings is 1. The van der Waals surface area contributed by atoms with Gasteiger partial charge in [-0.05, 0) is 23.9 Å². The predicted octanol–water partition coefficient (Wildman–Crippen LogP) is 0.769. The van der Waals surface area contributed by atoms with Crippen molar-refractivity contribution in [3.05, 3.63) is 24.4 Å². The van der Waals surface area contributed by atoms with Gasteiger partial charge in [0.2, 0.25) is 0 Å². The highest BCUT2D eigenvalue weighted by Gasteiger charge is 2.04. The van der Waals surface area contributed by atoms with E-state index in [9.17, 15) is 0 Å². The summed E-state index contributed by atoms with van der Waals surface area (Å²) in [6, 6.07) is 5.04. The van der Waals surface area contributed by atoms with Crippen LogP contribution in [0.5, 0.6) is 0 Å². The molecule has 82 valence electrons. The van der Waals surface area contributed by atoms with E-state index in [2.05, 4.69) is 15.0 Å². The average Bonchev–Trinajstić information content (AvgIpc) is 2.20. The Bertz CT molecular complexity index is 478. The van der Waals surface area contributed by atoms with Crippen LogP contribution in [0.15, 0.2) is 34.6 Å². The molecule has 0 atom stereocenters. The Hall–Kier alpha value is -2.02. The lowest BCUT2D eigenvalue weighted by Crippen LogP contribution is -1.99. The fourth-order valence-electron chi connectivity index (χ4n) is 1.05. The van der Waals surface area contributed by atoms with Crippen LogP contribution in [0.3, 0.4) is 0 Å². The molecule has 0 bridgehead atoms. The van der Waals surface area contributed by atoms with Gasteiger partial charge in [-0.15, -0.1) is 0 Å². The lowest BCUT2D eigenvalue weighted by atomic mass is 10.4. The number of nitrogen functional groups attached to an aromatic ring is 3. The van der Waals surface area contributed by atoms with Crippen molar-refractivity contribution in [3.8, 4) is 0 Å². The summed E-state index contributed by atoms with van der Waals surface area (Å²) in [7, 11) is 0. The van der Waals surface area contributed by atoms with Crippen LogP contribution in [0.1, 0.15) is 0 Å². The first-order valence-electron chi connectivity index (χ1n) is 4.43. The van der Waals surface area contributed by atoms with Crippen molar-refractivity contribution in [1.82, 2.24) is 15.0 Å². The van der Waals surface area contributed by atoms with Gasteiger partial charge in [-0.25, -0.2) is 15.0 Å². The highest BCUT2D eigenvalue weighted by Crippen LogP contribution is 2.24. The van der Waals surface area contributed by atoms with E-state index >= 15 is 0 Å². The maximum absolute atomic E-state index is 5.55. The van der Waals surface area contributed by atoms with Crippen LogP contribution in [0.25, 0.3) is 0 Å². The van der Waals surface area contributed by atoms with Gasteiger partial charge in [-0.3, -0.25) is 0 Å². The molecule has 16 heavy (non-hydrogen) atoms. The van der Waals surface area contributed by atoms with Crippen LogP contribution >= 0.6 is 11.8 Å². The Balaban J connectivity index is 2.23. The van der Waals surface area contributed by atoms with Gasteiger partial charge in [-0.1, -0.05) is 0 Å². The van der Waals surface area contributed by atoms with Gasteiger partial charge in [0.05, 0.1) is 11.9 Å². The maximum atomic E-state index is 5.55. The smallest absolute Gasteiger partial charge is 0.197 e. The molecule has 0 aliphatic rings. The van der Waals surface area contributed by atoms with Crippen LogP contribution in [0.2, 0.25) is 0 Å². The maximum Gasteiger partial charge on any atom is 0.197 e. The number of anilines is 3. The molecule has 0 spiro atoms. The van der Waals surface area contributed by atoms with Gasteiger partial charge in [-0.2, -0.15) is 0 Å². The second-order valence-electron chi connectivity index (χ2n) is 3.03. The van der Waals surface area contributed by atoms with E-state index in [1.807, 2.05) is 0 Å². The van der Waals surface area contributed by atoms with Gasteiger partial charge in [0.1, 0.15) is 16.7 Å². The second kappa shape index (κ2) is 4.23. The summed E-state index contributed by atoms with van der Waals surface area (Å²) in [6.07, 6.45) is 1.57. The molecule has 0 aromatic carbocycles. The van der Waals surface area contributed by atoms with E-state index in [-0.39, 0.29) is 0 Å². The third-order valence-electron chi connectivity index (χ3n) is 1.70. The lowest BCUT2D eigenvalue weighted by Gasteiger charge is -2.02. The molecule has 2 rings (SSSR count). The summed E-state index contributed by atoms with van der Waals surface area (Å²) in [6.45, 7) is 0. The molecule has 2 aromatic rings. The van der Waals surface area contributed by atoms with E-state index < -0.39 is 0 Å². The number of nitrogens with two attached hydrogens (primary N) is 3. The molecule has 0 unspecified atom stereocenters. The topological polar surface area (TPSA) is 117 Å². The molecule has 0 saturated heterocycles. The minimum Gasteiger partial charge on any atom is -0.397 e. The summed E-state index contributed by atoms with van der Waals surface area (Å²) < 4.78 is 0. The lowest BCUT2D eigenvalue weighted by molar-refractivity contribution is 0.977. The molecule has 2 aromatic heterocycles. The minimum atomic E-state index is 0.338. The first-order valence-corrected chi connectivity index (χ1v) is 5.24. The summed E-state index contributed by atoms with van der Waals surface area (Å²) >= 11 is 1.28. The molecule has 0 amide bonds. The normalized spacial score (nSPS) is 10.2. The molecule has 0 fully saturated rings. The van der Waals surface area contributed by atoms with Crippen LogP contribution < -0.4 is 17.2 Å². The van der Waals surface area contributed by atoms with Crippen LogP contribution in [0.4, 0.5) is 17.3 Å². The molecule has 0 saturated carbocycles. The number of aromatic nitrogens is 3. The summed E-state index contributed by atoms with van der Waals surface area (Å²) in [5.74, 6) is 0.677. The summed E-state index contributed by atoms with van der Waals surface area (Å²) in [5, 5.41) is 1.20. The number of rotatable bonds is 2. The zero-order valence-corrected chi connectivity index (χ0v) is 9.11. The molecule has 0 radical (unpaired) electrons. The fraction of sp³-hybridized carbons (Fsp3) is 0. The van der Waals surface area contributed by atoms with Crippen molar-refractivity contribution in [1.29, 1.82) is 0 Å². The van der Waals surface area contributed by atoms with Crippen molar-refractivity contribution in [2.45, 2.75) is 10.2 Å². The van der Waals surface area contributed by atoms with Crippen molar-refractivity contribution in [3.63, 3.8) is 0 Å². The monoisotopic (exact) mass is 234 g/mol. The first kappa shape index (κ1) is 10.5. The summed E-state index contributed by atoms with van der Waals surface area (Å²) in [5.41, 5.74) is 17.2. The third kappa shape index (κ3) is 2.51. The zero-order valence-electron chi connectivity index (χ0n) is 8.29. The number of hydrogen-bond donors (Lipinski definition) is 3. The quantitative estimate of drug-likeness (QED) is 0.657. The van der Waals surface area contributed by atoms with E-state index in [1.54, 1.807) is 18.3 Å². The Morgan fingerprint density at radius 2 is 1.69 bits per heavy atom. The van der Waals surface area contributed by atoms with Crippen molar-refractivity contribution >= 4 is 29.1 Å². The Labute approximate surface area is 96.3 Å². The standard InChI is InChI=1S/C9H10N6S/c10-5-1-2-8(13-4-5)16-9-14-6(11)3-7(12)15-9/h1-4H,10H2,(H4,11,12,14,15). The number of nitrogens with zero attached hydrogens (tertiary/aromatic N) is 3. The highest BCUT2D eigenvalue weighted by molar-refractivity contribution is 7.99. The van der Waals surface area contributed by atoms with E-state index in [0.29, 0.717) is 22.5 Å². The number of hydrogen-bond acceptors (Lipinski definition) is 7. The molecule has 7 heteroatoms. The zero-order chi connectivity index (χ0) is 11.5. The van der Waals surface area contributed by atoms with Crippen molar-refractivity contribution in [2.24, 2.45) is 0 Å². The molecule has 0 aliphatic heterocycles. The minimum absolute atomic E-state index is 0.338. The van der Waals surface area contributed by atoms with Gasteiger partial charge in [0.15, 0.2) is 5.16 Å². The van der Waals surface area contributed by atoms with Crippen LogP contribution in [0, 0.1) is 0 Å². The van der Waals surface area contributed by atoms with E-state index in [0.717, 1.165) is 5.03 Å². The molecule has 0 aliphatic carbocycles. The Morgan fingerprint density at radius 3 is 2.25 bits per heavy atom. The SMILES string of the molecule is Nc1ccc(Sc2nc(N)cc(N)n2)nc1. The third-order valence-corrected chi connectivity index (χ3v) is 2.52. The van der Waals surface area contributed by atoms with E-state index in [1.165, 1.54) is 17.8 Å². The Morgan fingerprint density at radius 1 is 1.00 bits per heavy atom. The van der Waals surface area contributed by atoms with Crippen molar-refractivity contribution < 1.29 is 0 Å². The van der Waals surface area contributed by atoms with Crippen LogP contribution in [-0.2, 0) is 0 Å². The molecule has 2 heterocycles. The van der Waals surface area contributed by atoms with Gasteiger partial charge in [0, 0.05) is 6.07 Å². The van der Waals surface area contributed by atoms with Gasteiger partial charge in [0.25, 0.3) is 0 Å². The highest BCUT2D eigenvalue weighted by atomic mass is 32.2. The fourth-order valence-corrected chi connectivity index (χ4v) is 1.78. The largest absolute Gasteiger partial charge is 0.397 e.